The zero-order valence-corrected chi connectivity index (χ0v) is 13.6. The number of methoxy groups -OCH3 is 1. The van der Waals surface area contributed by atoms with Crippen molar-refractivity contribution < 1.29 is 9.53 Å². The van der Waals surface area contributed by atoms with Crippen LogP contribution < -0.4 is 4.74 Å². The van der Waals surface area contributed by atoms with Crippen LogP contribution in [0.2, 0.25) is 0 Å². The van der Waals surface area contributed by atoms with Crippen LogP contribution in [0.25, 0.3) is 0 Å². The van der Waals surface area contributed by atoms with Crippen molar-refractivity contribution in [1.29, 1.82) is 0 Å². The lowest BCUT2D eigenvalue weighted by Crippen LogP contribution is -2.57. The molecule has 0 amide bonds. The maximum atomic E-state index is 12.5. The van der Waals surface area contributed by atoms with Crippen molar-refractivity contribution in [3.63, 3.8) is 0 Å². The number of ketones is 1. The molecule has 2 rings (SSSR count). The number of Topliss-reactive ketones (excluding diaryl/α,β-unsaturated/α-hetero) is 1. The van der Waals surface area contributed by atoms with Crippen LogP contribution in [-0.2, 0) is 0 Å². The monoisotopic (exact) mass is 290 g/mol. The molecule has 4 nitrogen and oxygen atoms in total. The lowest BCUT2D eigenvalue weighted by Gasteiger charge is -2.49. The SMILES string of the molecule is COc1ccccc1C(=O)CN(C)CC1(N(C)C)CCC1. The Kier molecular flexibility index (Phi) is 5.01. The third-order valence-electron chi connectivity index (χ3n) is 4.62. The molecule has 0 spiro atoms. The standard InChI is InChI=1S/C17H26N2O2/c1-18(2)17(10-7-11-17)13-19(3)12-15(20)14-8-5-6-9-16(14)21-4/h5-6,8-9H,7,10-13H2,1-4H3. The van der Waals surface area contributed by atoms with Gasteiger partial charge in [-0.25, -0.2) is 0 Å². The number of likely N-dealkylation sites (N-methyl/N-ethyl adjacent to an activating group) is 2. The van der Waals surface area contributed by atoms with E-state index in [1.54, 1.807) is 7.11 Å². The molecular weight excluding hydrogens is 264 g/mol. The van der Waals surface area contributed by atoms with E-state index < -0.39 is 0 Å². The van der Waals surface area contributed by atoms with Gasteiger partial charge in [-0.2, -0.15) is 0 Å². The normalized spacial score (nSPS) is 16.9. The molecule has 0 N–H and O–H groups in total. The summed E-state index contributed by atoms with van der Waals surface area (Å²) >= 11 is 0. The fourth-order valence-electron chi connectivity index (χ4n) is 3.10. The van der Waals surface area contributed by atoms with Gasteiger partial charge < -0.3 is 9.64 Å². The molecule has 0 heterocycles. The molecular formula is C17H26N2O2. The zero-order valence-electron chi connectivity index (χ0n) is 13.6. The third kappa shape index (κ3) is 3.44. The highest BCUT2D eigenvalue weighted by Crippen LogP contribution is 2.36. The highest BCUT2D eigenvalue weighted by Gasteiger charge is 2.39. The van der Waals surface area contributed by atoms with Crippen molar-refractivity contribution in [3.05, 3.63) is 29.8 Å². The summed E-state index contributed by atoms with van der Waals surface area (Å²) in [5.74, 6) is 0.769. The van der Waals surface area contributed by atoms with E-state index in [0.29, 0.717) is 17.9 Å². The maximum Gasteiger partial charge on any atom is 0.180 e. The minimum absolute atomic E-state index is 0.114. The number of benzene rings is 1. The van der Waals surface area contributed by atoms with Gasteiger partial charge in [-0.1, -0.05) is 12.1 Å². The van der Waals surface area contributed by atoms with Gasteiger partial charge in [0, 0.05) is 12.1 Å². The second kappa shape index (κ2) is 6.58. The van der Waals surface area contributed by atoms with Gasteiger partial charge in [0.05, 0.1) is 19.2 Å². The van der Waals surface area contributed by atoms with E-state index >= 15 is 0 Å². The van der Waals surface area contributed by atoms with E-state index in [4.69, 9.17) is 4.74 Å². The highest BCUT2D eigenvalue weighted by molar-refractivity contribution is 6.00. The van der Waals surface area contributed by atoms with Crippen LogP contribution in [-0.4, -0.2) is 62.5 Å². The van der Waals surface area contributed by atoms with Crippen LogP contribution in [0, 0.1) is 0 Å². The maximum absolute atomic E-state index is 12.5. The van der Waals surface area contributed by atoms with Crippen LogP contribution in [0.4, 0.5) is 0 Å². The minimum Gasteiger partial charge on any atom is -0.496 e. The molecule has 1 aliphatic rings. The number of hydrogen-bond acceptors (Lipinski definition) is 4. The average Bonchev–Trinajstić information content (AvgIpc) is 2.42. The molecule has 0 atom stereocenters. The average molecular weight is 290 g/mol. The Labute approximate surface area is 127 Å². The van der Waals surface area contributed by atoms with Crippen LogP contribution in [0.15, 0.2) is 24.3 Å². The molecule has 1 fully saturated rings. The van der Waals surface area contributed by atoms with Gasteiger partial charge in [0.15, 0.2) is 5.78 Å². The minimum atomic E-state index is 0.114. The Morgan fingerprint density at radius 3 is 2.43 bits per heavy atom. The Morgan fingerprint density at radius 1 is 1.24 bits per heavy atom. The summed E-state index contributed by atoms with van der Waals surface area (Å²) < 4.78 is 5.27. The predicted molar refractivity (Wildman–Crippen MR) is 85.1 cm³/mol. The van der Waals surface area contributed by atoms with E-state index in [2.05, 4.69) is 23.9 Å². The topological polar surface area (TPSA) is 32.8 Å². The van der Waals surface area contributed by atoms with E-state index in [1.165, 1.54) is 19.3 Å². The first kappa shape index (κ1) is 16.0. The van der Waals surface area contributed by atoms with E-state index in [0.717, 1.165) is 6.54 Å². The molecule has 116 valence electrons. The second-order valence-electron chi connectivity index (χ2n) is 6.27. The summed E-state index contributed by atoms with van der Waals surface area (Å²) in [6, 6.07) is 7.43. The molecule has 21 heavy (non-hydrogen) atoms. The Hall–Kier alpha value is -1.39. The van der Waals surface area contributed by atoms with E-state index in [9.17, 15) is 4.79 Å². The largest absolute Gasteiger partial charge is 0.496 e. The number of carbonyl (C=O) groups is 1. The van der Waals surface area contributed by atoms with Crippen LogP contribution in [0.3, 0.4) is 0 Å². The Balaban J connectivity index is 1.99. The third-order valence-corrected chi connectivity index (χ3v) is 4.62. The van der Waals surface area contributed by atoms with Crippen LogP contribution in [0.5, 0.6) is 5.75 Å². The molecule has 1 aliphatic carbocycles. The molecule has 0 bridgehead atoms. The lowest BCUT2D eigenvalue weighted by atomic mass is 9.75. The molecule has 4 heteroatoms. The Morgan fingerprint density at radius 2 is 1.90 bits per heavy atom. The van der Waals surface area contributed by atoms with Crippen molar-refractivity contribution in [2.24, 2.45) is 0 Å². The summed E-state index contributed by atoms with van der Waals surface area (Å²) in [6.07, 6.45) is 3.72. The van der Waals surface area contributed by atoms with Crippen LogP contribution in [0.1, 0.15) is 29.6 Å². The smallest absolute Gasteiger partial charge is 0.180 e. The van der Waals surface area contributed by atoms with Gasteiger partial charge in [-0.05, 0) is 52.5 Å². The van der Waals surface area contributed by atoms with Gasteiger partial charge in [-0.15, -0.1) is 0 Å². The van der Waals surface area contributed by atoms with Crippen molar-refractivity contribution >= 4 is 5.78 Å². The first-order valence-corrected chi connectivity index (χ1v) is 7.51. The number of rotatable bonds is 7. The summed E-state index contributed by atoms with van der Waals surface area (Å²) in [7, 11) is 7.90. The second-order valence-corrected chi connectivity index (χ2v) is 6.27. The van der Waals surface area contributed by atoms with Crippen molar-refractivity contribution in [1.82, 2.24) is 9.80 Å². The molecule has 1 aromatic carbocycles. The predicted octanol–water partition coefficient (Wildman–Crippen LogP) is 2.29. The first-order chi connectivity index (χ1) is 9.98. The van der Waals surface area contributed by atoms with Crippen molar-refractivity contribution in [3.8, 4) is 5.75 Å². The number of ether oxygens (including phenoxy) is 1. The lowest BCUT2D eigenvalue weighted by molar-refractivity contribution is 0.0280. The van der Waals surface area contributed by atoms with Crippen LogP contribution >= 0.6 is 0 Å². The zero-order chi connectivity index (χ0) is 15.5. The molecule has 1 aromatic rings. The molecule has 0 unspecified atom stereocenters. The number of nitrogens with zero attached hydrogens (tertiary/aromatic N) is 2. The van der Waals surface area contributed by atoms with E-state index in [1.807, 2.05) is 31.3 Å². The first-order valence-electron chi connectivity index (χ1n) is 7.51. The van der Waals surface area contributed by atoms with Crippen molar-refractivity contribution in [2.75, 3.05) is 41.3 Å². The quantitative estimate of drug-likeness (QED) is 0.721. The number of hydrogen-bond donors (Lipinski definition) is 0. The van der Waals surface area contributed by atoms with E-state index in [-0.39, 0.29) is 11.3 Å². The molecule has 1 saturated carbocycles. The summed E-state index contributed by atoms with van der Waals surface area (Å²) in [5.41, 5.74) is 0.912. The summed E-state index contributed by atoms with van der Waals surface area (Å²) in [4.78, 5) is 16.9. The number of carbonyl (C=O) groups excluding carboxylic acids is 1. The Bertz CT molecular complexity index is 495. The fourth-order valence-corrected chi connectivity index (χ4v) is 3.10. The summed E-state index contributed by atoms with van der Waals surface area (Å²) in [6.45, 7) is 1.36. The summed E-state index contributed by atoms with van der Waals surface area (Å²) in [5, 5.41) is 0. The molecule has 0 aliphatic heterocycles. The van der Waals surface area contributed by atoms with Gasteiger partial charge >= 0.3 is 0 Å². The van der Waals surface area contributed by atoms with Crippen molar-refractivity contribution in [2.45, 2.75) is 24.8 Å². The van der Waals surface area contributed by atoms with Gasteiger partial charge in [0.1, 0.15) is 5.75 Å². The van der Waals surface area contributed by atoms with Gasteiger partial charge in [0.25, 0.3) is 0 Å². The molecule has 0 radical (unpaired) electrons. The highest BCUT2D eigenvalue weighted by atomic mass is 16.5. The number of para-hydroxylation sites is 1. The molecule has 0 saturated heterocycles. The van der Waals surface area contributed by atoms with Gasteiger partial charge in [0.2, 0.25) is 0 Å². The molecule has 0 aromatic heterocycles. The van der Waals surface area contributed by atoms with Gasteiger partial charge in [-0.3, -0.25) is 9.69 Å². The fraction of sp³-hybridized carbons (Fsp3) is 0.588.